The number of nitrogens with one attached hydrogen (secondary N) is 2. The van der Waals surface area contributed by atoms with E-state index in [0.29, 0.717) is 12.3 Å². The van der Waals surface area contributed by atoms with Crippen molar-refractivity contribution in [1.29, 1.82) is 0 Å². The van der Waals surface area contributed by atoms with Crippen molar-refractivity contribution in [3.63, 3.8) is 0 Å². The van der Waals surface area contributed by atoms with E-state index in [-0.39, 0.29) is 5.91 Å². The summed E-state index contributed by atoms with van der Waals surface area (Å²) in [7, 11) is 0. The molecule has 0 atom stereocenters. The van der Waals surface area contributed by atoms with Crippen LogP contribution in [0.2, 0.25) is 0 Å². The third kappa shape index (κ3) is 4.62. The molecule has 0 fully saturated rings. The van der Waals surface area contributed by atoms with Crippen LogP contribution in [0.4, 0.5) is 17.1 Å². The molecule has 0 radical (unpaired) electrons. The van der Waals surface area contributed by atoms with Crippen molar-refractivity contribution >= 4 is 23.0 Å². The van der Waals surface area contributed by atoms with Crippen LogP contribution in [0.5, 0.6) is 0 Å². The molecule has 0 saturated heterocycles. The monoisotopic (exact) mass is 296 g/mol. The molecule has 0 heterocycles. The number of aryl methyl sites for hydroxylation is 2. The molecule has 22 heavy (non-hydrogen) atoms. The molecule has 2 rings (SSSR count). The van der Waals surface area contributed by atoms with Gasteiger partial charge < -0.3 is 10.6 Å². The van der Waals surface area contributed by atoms with Crippen molar-refractivity contribution in [2.24, 2.45) is 5.92 Å². The Kier molecular flexibility index (Phi) is 5.21. The number of amides is 1. The molecule has 0 aliphatic carbocycles. The summed E-state index contributed by atoms with van der Waals surface area (Å²) in [5.74, 6) is 0.426. The number of anilines is 3. The maximum absolute atomic E-state index is 11.7. The van der Waals surface area contributed by atoms with Crippen molar-refractivity contribution in [2.75, 3.05) is 10.6 Å². The average Bonchev–Trinajstić information content (AvgIpc) is 2.44. The SMILES string of the molecule is Cc1ccc(Nc2ccc(NC(=O)CC(C)C)cc2)cc1C. The summed E-state index contributed by atoms with van der Waals surface area (Å²) >= 11 is 0. The first kappa shape index (κ1) is 16.1. The average molecular weight is 296 g/mol. The van der Waals surface area contributed by atoms with Gasteiger partial charge in [-0.2, -0.15) is 0 Å². The largest absolute Gasteiger partial charge is 0.356 e. The van der Waals surface area contributed by atoms with E-state index < -0.39 is 0 Å². The van der Waals surface area contributed by atoms with Gasteiger partial charge in [0.25, 0.3) is 0 Å². The van der Waals surface area contributed by atoms with E-state index in [1.165, 1.54) is 11.1 Å². The van der Waals surface area contributed by atoms with Gasteiger partial charge in [0.1, 0.15) is 0 Å². The standard InChI is InChI=1S/C19H24N2O/c1-13(2)11-19(22)21-17-9-7-16(8-10-17)20-18-6-5-14(3)15(4)12-18/h5-10,12-13,20H,11H2,1-4H3,(H,21,22). The number of carbonyl (C=O) groups excluding carboxylic acids is 1. The first-order valence-electron chi connectivity index (χ1n) is 7.68. The Balaban J connectivity index is 1.99. The number of carbonyl (C=O) groups is 1. The number of hydrogen-bond donors (Lipinski definition) is 2. The lowest BCUT2D eigenvalue weighted by atomic mass is 10.1. The first-order valence-corrected chi connectivity index (χ1v) is 7.68. The van der Waals surface area contributed by atoms with E-state index in [1.54, 1.807) is 0 Å². The van der Waals surface area contributed by atoms with Crippen molar-refractivity contribution in [3.05, 3.63) is 53.6 Å². The van der Waals surface area contributed by atoms with E-state index in [9.17, 15) is 4.79 Å². The minimum atomic E-state index is 0.0601. The molecule has 0 saturated carbocycles. The normalized spacial score (nSPS) is 10.6. The molecule has 3 nitrogen and oxygen atoms in total. The zero-order chi connectivity index (χ0) is 16.1. The molecule has 0 bridgehead atoms. The van der Waals surface area contributed by atoms with Gasteiger partial charge >= 0.3 is 0 Å². The molecule has 2 N–H and O–H groups in total. The van der Waals surface area contributed by atoms with Gasteiger partial charge in [0.05, 0.1) is 0 Å². The minimum Gasteiger partial charge on any atom is -0.356 e. The predicted octanol–water partition coefficient (Wildman–Crippen LogP) is 5.03. The van der Waals surface area contributed by atoms with Gasteiger partial charge in [0.15, 0.2) is 0 Å². The van der Waals surface area contributed by atoms with Crippen molar-refractivity contribution in [1.82, 2.24) is 0 Å². The Bertz CT molecular complexity index is 645. The third-order valence-electron chi connectivity index (χ3n) is 3.56. The maximum atomic E-state index is 11.7. The zero-order valence-corrected chi connectivity index (χ0v) is 13.7. The van der Waals surface area contributed by atoms with Crippen LogP contribution in [0.3, 0.4) is 0 Å². The highest BCUT2D eigenvalue weighted by Crippen LogP contribution is 2.21. The van der Waals surface area contributed by atoms with Gasteiger partial charge in [-0.25, -0.2) is 0 Å². The Morgan fingerprint density at radius 2 is 1.50 bits per heavy atom. The summed E-state index contributed by atoms with van der Waals surface area (Å²) in [5, 5.41) is 6.29. The molecule has 1 amide bonds. The lowest BCUT2D eigenvalue weighted by Gasteiger charge is -2.11. The van der Waals surface area contributed by atoms with Gasteiger partial charge in [0.2, 0.25) is 5.91 Å². The number of hydrogen-bond acceptors (Lipinski definition) is 2. The van der Waals surface area contributed by atoms with Crippen LogP contribution in [-0.2, 0) is 4.79 Å². The lowest BCUT2D eigenvalue weighted by molar-refractivity contribution is -0.116. The molecule has 0 spiro atoms. The smallest absolute Gasteiger partial charge is 0.224 e. The lowest BCUT2D eigenvalue weighted by Crippen LogP contribution is -2.13. The van der Waals surface area contributed by atoms with Gasteiger partial charge in [-0.15, -0.1) is 0 Å². The summed E-state index contributed by atoms with van der Waals surface area (Å²) in [5.41, 5.74) is 5.46. The Morgan fingerprint density at radius 3 is 2.09 bits per heavy atom. The molecule has 0 unspecified atom stereocenters. The van der Waals surface area contributed by atoms with Gasteiger partial charge in [-0.3, -0.25) is 4.79 Å². The second-order valence-corrected chi connectivity index (χ2v) is 6.15. The molecule has 0 aromatic heterocycles. The number of rotatable bonds is 5. The van der Waals surface area contributed by atoms with Gasteiger partial charge in [-0.05, 0) is 67.3 Å². The summed E-state index contributed by atoms with van der Waals surface area (Å²) in [6, 6.07) is 14.1. The fraction of sp³-hybridized carbons (Fsp3) is 0.316. The third-order valence-corrected chi connectivity index (χ3v) is 3.56. The minimum absolute atomic E-state index is 0.0601. The van der Waals surface area contributed by atoms with Crippen LogP contribution in [0.1, 0.15) is 31.4 Å². The summed E-state index contributed by atoms with van der Waals surface area (Å²) in [6.45, 7) is 8.29. The molecular weight excluding hydrogens is 272 g/mol. The van der Waals surface area contributed by atoms with Crippen LogP contribution < -0.4 is 10.6 Å². The Hall–Kier alpha value is -2.29. The van der Waals surface area contributed by atoms with E-state index in [2.05, 4.69) is 42.7 Å². The molecule has 0 aliphatic heterocycles. The number of benzene rings is 2. The topological polar surface area (TPSA) is 41.1 Å². The zero-order valence-electron chi connectivity index (χ0n) is 13.7. The van der Waals surface area contributed by atoms with Gasteiger partial charge in [-0.1, -0.05) is 19.9 Å². The summed E-state index contributed by atoms with van der Waals surface area (Å²) in [4.78, 5) is 11.7. The second-order valence-electron chi connectivity index (χ2n) is 6.15. The quantitative estimate of drug-likeness (QED) is 0.812. The summed E-state index contributed by atoms with van der Waals surface area (Å²) in [6.07, 6.45) is 0.544. The predicted molar refractivity (Wildman–Crippen MR) is 93.7 cm³/mol. The fourth-order valence-corrected chi connectivity index (χ4v) is 2.21. The van der Waals surface area contributed by atoms with E-state index >= 15 is 0 Å². The van der Waals surface area contributed by atoms with Crippen molar-refractivity contribution in [2.45, 2.75) is 34.1 Å². The van der Waals surface area contributed by atoms with Crippen LogP contribution in [0.15, 0.2) is 42.5 Å². The summed E-state index contributed by atoms with van der Waals surface area (Å²) < 4.78 is 0. The maximum Gasteiger partial charge on any atom is 0.224 e. The first-order chi connectivity index (χ1) is 10.4. The highest BCUT2D eigenvalue weighted by atomic mass is 16.1. The van der Waals surface area contributed by atoms with Gasteiger partial charge in [0, 0.05) is 23.5 Å². The molecule has 116 valence electrons. The second kappa shape index (κ2) is 7.12. The molecule has 2 aromatic rings. The highest BCUT2D eigenvalue weighted by molar-refractivity contribution is 5.91. The molecule has 2 aromatic carbocycles. The Morgan fingerprint density at radius 1 is 0.909 bits per heavy atom. The van der Waals surface area contributed by atoms with Crippen molar-refractivity contribution in [3.8, 4) is 0 Å². The van der Waals surface area contributed by atoms with Crippen LogP contribution >= 0.6 is 0 Å². The Labute approximate surface area is 132 Å². The van der Waals surface area contributed by atoms with Crippen LogP contribution in [0, 0.1) is 19.8 Å². The highest BCUT2D eigenvalue weighted by Gasteiger charge is 2.05. The van der Waals surface area contributed by atoms with Crippen LogP contribution in [0.25, 0.3) is 0 Å². The fourth-order valence-electron chi connectivity index (χ4n) is 2.21. The molecular formula is C19H24N2O. The van der Waals surface area contributed by atoms with E-state index in [1.807, 2.05) is 38.1 Å². The van der Waals surface area contributed by atoms with E-state index in [4.69, 9.17) is 0 Å². The molecule has 3 heteroatoms. The van der Waals surface area contributed by atoms with E-state index in [0.717, 1.165) is 17.1 Å². The van der Waals surface area contributed by atoms with Crippen molar-refractivity contribution < 1.29 is 4.79 Å². The molecule has 0 aliphatic rings. The van der Waals surface area contributed by atoms with Crippen LogP contribution in [-0.4, -0.2) is 5.91 Å².